The molecule has 4 aliphatic carbocycles. The number of hydrogen-bond acceptors (Lipinski definition) is 1. The lowest BCUT2D eigenvalue weighted by atomic mass is 9.45. The molecule has 0 aromatic carbocycles. The summed E-state index contributed by atoms with van der Waals surface area (Å²) in [5, 5.41) is 0. The van der Waals surface area contributed by atoms with Gasteiger partial charge in [0, 0.05) is 6.61 Å². The molecule has 1 nitrogen and oxygen atoms in total. The van der Waals surface area contributed by atoms with Gasteiger partial charge in [-0.25, -0.2) is 0 Å². The molecule has 7 unspecified atom stereocenters. The summed E-state index contributed by atoms with van der Waals surface area (Å²) in [4.78, 5) is 0. The van der Waals surface area contributed by atoms with E-state index in [0.29, 0.717) is 22.9 Å². The molecule has 138 valence electrons. The van der Waals surface area contributed by atoms with Crippen LogP contribution in [-0.4, -0.2) is 12.7 Å². The van der Waals surface area contributed by atoms with Crippen molar-refractivity contribution in [2.45, 2.75) is 98.0 Å². The van der Waals surface area contributed by atoms with Gasteiger partial charge in [-0.15, -0.1) is 0 Å². The van der Waals surface area contributed by atoms with Crippen molar-refractivity contribution in [1.82, 2.24) is 0 Å². The highest BCUT2D eigenvalue weighted by Gasteiger charge is 2.58. The van der Waals surface area contributed by atoms with Gasteiger partial charge >= 0.3 is 0 Å². The third kappa shape index (κ3) is 2.78. The summed E-state index contributed by atoms with van der Waals surface area (Å²) in [6.45, 7) is 10.8. The fraction of sp³-hybridized carbons (Fsp3) is 1.00. The van der Waals surface area contributed by atoms with E-state index < -0.39 is 0 Å². The second-order valence-electron chi connectivity index (χ2n) is 10.9. The Kier molecular flexibility index (Phi) is 4.55. The van der Waals surface area contributed by atoms with E-state index in [-0.39, 0.29) is 0 Å². The molecule has 0 aromatic heterocycles. The largest absolute Gasteiger partial charge is 0.378 e. The average molecular weight is 333 g/mol. The van der Waals surface area contributed by atoms with Crippen molar-refractivity contribution in [2.24, 2.45) is 40.4 Å². The summed E-state index contributed by atoms with van der Waals surface area (Å²) in [6.07, 6.45) is 15.3. The maximum atomic E-state index is 6.34. The molecule has 1 heteroatoms. The standard InChI is InChI=1S/C23H40O/c1-16(2)15-24-18-9-7-17-8-10-19-20-6-5-12-22(20,3)13-11-21(19)23(17,4)14-18/h16-21H,5-15H2,1-4H3. The molecular weight excluding hydrogens is 292 g/mol. The van der Waals surface area contributed by atoms with E-state index in [2.05, 4.69) is 27.7 Å². The normalized spacial score (nSPS) is 51.1. The highest BCUT2D eigenvalue weighted by atomic mass is 16.5. The molecule has 4 saturated carbocycles. The Labute approximate surface area is 150 Å². The van der Waals surface area contributed by atoms with E-state index in [0.717, 1.165) is 30.3 Å². The van der Waals surface area contributed by atoms with Crippen LogP contribution in [-0.2, 0) is 4.74 Å². The van der Waals surface area contributed by atoms with Crippen molar-refractivity contribution in [1.29, 1.82) is 0 Å². The van der Waals surface area contributed by atoms with Crippen LogP contribution in [0.5, 0.6) is 0 Å². The highest BCUT2D eigenvalue weighted by Crippen LogP contribution is 2.66. The lowest BCUT2D eigenvalue weighted by Crippen LogP contribution is -2.53. The smallest absolute Gasteiger partial charge is 0.0580 e. The number of rotatable bonds is 3. The molecule has 4 rings (SSSR count). The predicted octanol–water partition coefficient (Wildman–Crippen LogP) is 6.46. The minimum atomic E-state index is 0.546. The molecule has 0 amide bonds. The molecule has 0 N–H and O–H groups in total. The van der Waals surface area contributed by atoms with Crippen LogP contribution < -0.4 is 0 Å². The van der Waals surface area contributed by atoms with Crippen LogP contribution in [0.3, 0.4) is 0 Å². The van der Waals surface area contributed by atoms with Crippen LogP contribution in [0.1, 0.15) is 91.9 Å². The fourth-order valence-electron chi connectivity index (χ4n) is 7.77. The minimum absolute atomic E-state index is 0.546. The van der Waals surface area contributed by atoms with E-state index >= 15 is 0 Å². The molecule has 0 heterocycles. The molecular formula is C23H40O. The maximum Gasteiger partial charge on any atom is 0.0580 e. The Morgan fingerprint density at radius 2 is 1.71 bits per heavy atom. The van der Waals surface area contributed by atoms with Gasteiger partial charge < -0.3 is 4.74 Å². The van der Waals surface area contributed by atoms with Crippen LogP contribution in [0, 0.1) is 40.4 Å². The van der Waals surface area contributed by atoms with E-state index in [1.165, 1.54) is 57.8 Å². The van der Waals surface area contributed by atoms with Gasteiger partial charge in [0.05, 0.1) is 6.10 Å². The molecule has 0 aliphatic heterocycles. The van der Waals surface area contributed by atoms with Crippen LogP contribution in [0.2, 0.25) is 0 Å². The first-order valence-corrected chi connectivity index (χ1v) is 11.0. The fourth-order valence-corrected chi connectivity index (χ4v) is 7.77. The summed E-state index contributed by atoms with van der Waals surface area (Å²) in [5.74, 6) is 4.74. The Hall–Kier alpha value is -0.0400. The first-order valence-electron chi connectivity index (χ1n) is 11.0. The summed E-state index contributed by atoms with van der Waals surface area (Å²) < 4.78 is 6.34. The van der Waals surface area contributed by atoms with E-state index in [1.54, 1.807) is 6.42 Å². The van der Waals surface area contributed by atoms with Crippen molar-refractivity contribution < 1.29 is 4.74 Å². The molecule has 0 radical (unpaired) electrons. The molecule has 4 aliphatic rings. The van der Waals surface area contributed by atoms with Crippen molar-refractivity contribution in [3.05, 3.63) is 0 Å². The third-order valence-corrected chi connectivity index (χ3v) is 9.02. The van der Waals surface area contributed by atoms with Crippen LogP contribution in [0.25, 0.3) is 0 Å². The molecule has 0 saturated heterocycles. The molecule has 0 spiro atoms. The van der Waals surface area contributed by atoms with Crippen LogP contribution in [0.15, 0.2) is 0 Å². The average Bonchev–Trinajstić information content (AvgIpc) is 2.93. The van der Waals surface area contributed by atoms with Gasteiger partial charge in [0.2, 0.25) is 0 Å². The molecule has 24 heavy (non-hydrogen) atoms. The second-order valence-corrected chi connectivity index (χ2v) is 10.9. The summed E-state index contributed by atoms with van der Waals surface area (Å²) in [5.41, 5.74) is 1.28. The van der Waals surface area contributed by atoms with Crippen molar-refractivity contribution in [3.63, 3.8) is 0 Å². The van der Waals surface area contributed by atoms with Gasteiger partial charge in [0.15, 0.2) is 0 Å². The second kappa shape index (κ2) is 6.29. The quantitative estimate of drug-likeness (QED) is 0.576. The van der Waals surface area contributed by atoms with Crippen LogP contribution in [0.4, 0.5) is 0 Å². The highest BCUT2D eigenvalue weighted by molar-refractivity contribution is 5.07. The van der Waals surface area contributed by atoms with Gasteiger partial charge in [0.25, 0.3) is 0 Å². The zero-order valence-corrected chi connectivity index (χ0v) is 16.7. The van der Waals surface area contributed by atoms with Gasteiger partial charge in [-0.2, -0.15) is 0 Å². The first-order chi connectivity index (χ1) is 11.4. The maximum absolute atomic E-state index is 6.34. The third-order valence-electron chi connectivity index (χ3n) is 9.02. The van der Waals surface area contributed by atoms with Crippen molar-refractivity contribution >= 4 is 0 Å². The number of hydrogen-bond donors (Lipinski definition) is 0. The summed E-state index contributed by atoms with van der Waals surface area (Å²) in [6, 6.07) is 0. The zero-order chi connectivity index (χ0) is 16.9. The van der Waals surface area contributed by atoms with Gasteiger partial charge in [-0.3, -0.25) is 0 Å². The number of fused-ring (bicyclic) bond motifs is 5. The van der Waals surface area contributed by atoms with Gasteiger partial charge in [-0.1, -0.05) is 34.1 Å². The molecule has 0 aromatic rings. The van der Waals surface area contributed by atoms with E-state index in [4.69, 9.17) is 4.74 Å². The van der Waals surface area contributed by atoms with Gasteiger partial charge in [-0.05, 0) is 98.2 Å². The van der Waals surface area contributed by atoms with Crippen molar-refractivity contribution in [3.8, 4) is 0 Å². The molecule has 0 bridgehead atoms. The Morgan fingerprint density at radius 3 is 2.50 bits per heavy atom. The predicted molar refractivity (Wildman–Crippen MR) is 101 cm³/mol. The van der Waals surface area contributed by atoms with Gasteiger partial charge in [0.1, 0.15) is 0 Å². The topological polar surface area (TPSA) is 9.23 Å². The van der Waals surface area contributed by atoms with E-state index in [9.17, 15) is 0 Å². The number of ether oxygens (including phenoxy) is 1. The minimum Gasteiger partial charge on any atom is -0.378 e. The SMILES string of the molecule is CC(C)COC1CCC2CCC3C4CCCC4(C)CCC3C2(C)C1. The van der Waals surface area contributed by atoms with Crippen molar-refractivity contribution in [2.75, 3.05) is 6.61 Å². The summed E-state index contributed by atoms with van der Waals surface area (Å²) in [7, 11) is 0. The monoisotopic (exact) mass is 332 g/mol. The molecule has 7 atom stereocenters. The Bertz CT molecular complexity index is 457. The van der Waals surface area contributed by atoms with Crippen LogP contribution >= 0.6 is 0 Å². The lowest BCUT2D eigenvalue weighted by molar-refractivity contribution is -0.137. The Morgan fingerprint density at radius 1 is 0.917 bits per heavy atom. The Balaban J connectivity index is 1.51. The summed E-state index contributed by atoms with van der Waals surface area (Å²) >= 11 is 0. The zero-order valence-electron chi connectivity index (χ0n) is 16.7. The van der Waals surface area contributed by atoms with E-state index in [1.807, 2.05) is 0 Å². The first kappa shape index (κ1) is 17.4. The lowest BCUT2D eigenvalue weighted by Gasteiger charge is -2.60. The molecule has 4 fully saturated rings.